The highest BCUT2D eigenvalue weighted by atomic mass is 35.5. The number of rotatable bonds is 7. The minimum atomic E-state index is -3.30. The van der Waals surface area contributed by atoms with Crippen molar-refractivity contribution in [3.8, 4) is 5.75 Å². The van der Waals surface area contributed by atoms with E-state index in [1.807, 2.05) is 54.6 Å². The Morgan fingerprint density at radius 2 is 1.73 bits per heavy atom. The Morgan fingerprint density at radius 1 is 1.08 bits per heavy atom. The standard InChI is InChI=1S/C19H20ClO4PS/c1-3-22-25(21,23-4-2)26-19-13-18(14-9-11-15(20)12-10-14)24-17-8-6-5-7-16(17)19/h5-13,18H,3-4H2,1-2H3. The molecule has 0 aliphatic carbocycles. The van der Waals surface area contributed by atoms with Crippen LogP contribution < -0.4 is 4.74 Å². The van der Waals surface area contributed by atoms with Crippen LogP contribution in [0.2, 0.25) is 5.02 Å². The number of halogens is 1. The quantitative estimate of drug-likeness (QED) is 0.473. The highest BCUT2D eigenvalue weighted by Gasteiger charge is 2.31. The Kier molecular flexibility index (Phi) is 6.49. The first-order valence-corrected chi connectivity index (χ1v) is 11.7. The Morgan fingerprint density at radius 3 is 2.38 bits per heavy atom. The van der Waals surface area contributed by atoms with Crippen LogP contribution in [0.1, 0.15) is 31.1 Å². The molecule has 1 atom stereocenters. The van der Waals surface area contributed by atoms with Gasteiger partial charge < -0.3 is 13.8 Å². The third-order valence-electron chi connectivity index (χ3n) is 3.69. The normalized spacial score (nSPS) is 16.6. The molecule has 0 saturated carbocycles. The van der Waals surface area contributed by atoms with Crippen molar-refractivity contribution in [3.05, 3.63) is 70.8 Å². The third kappa shape index (κ3) is 4.54. The van der Waals surface area contributed by atoms with Crippen LogP contribution in [0.4, 0.5) is 0 Å². The van der Waals surface area contributed by atoms with Gasteiger partial charge in [-0.2, -0.15) is 0 Å². The van der Waals surface area contributed by atoms with Crippen molar-refractivity contribution in [3.63, 3.8) is 0 Å². The monoisotopic (exact) mass is 410 g/mol. The number of hydrogen-bond donors (Lipinski definition) is 0. The lowest BCUT2D eigenvalue weighted by Gasteiger charge is -2.27. The molecule has 0 saturated heterocycles. The van der Waals surface area contributed by atoms with Gasteiger partial charge in [0.1, 0.15) is 11.9 Å². The molecule has 1 aliphatic rings. The number of para-hydroxylation sites is 1. The van der Waals surface area contributed by atoms with Gasteiger partial charge in [0.05, 0.1) is 13.2 Å². The minimum absolute atomic E-state index is 0.304. The smallest absolute Gasteiger partial charge is 0.393 e. The first kappa shape index (κ1) is 19.5. The van der Waals surface area contributed by atoms with Crippen LogP contribution >= 0.6 is 29.8 Å². The molecule has 0 fully saturated rings. The molecule has 0 bridgehead atoms. The van der Waals surface area contributed by atoms with E-state index in [9.17, 15) is 4.57 Å². The Balaban J connectivity index is 1.98. The number of fused-ring (bicyclic) bond motifs is 1. The van der Waals surface area contributed by atoms with Crippen molar-refractivity contribution in [1.82, 2.24) is 0 Å². The summed E-state index contributed by atoms with van der Waals surface area (Å²) in [6.07, 6.45) is 1.64. The van der Waals surface area contributed by atoms with Gasteiger partial charge in [0, 0.05) is 15.5 Å². The van der Waals surface area contributed by atoms with Crippen LogP contribution in [0.25, 0.3) is 4.91 Å². The molecule has 26 heavy (non-hydrogen) atoms. The van der Waals surface area contributed by atoms with Crippen LogP contribution in [0.5, 0.6) is 5.75 Å². The summed E-state index contributed by atoms with van der Waals surface area (Å²) in [5, 5.41) is 0.667. The molecule has 3 rings (SSSR count). The summed E-state index contributed by atoms with van der Waals surface area (Å²) in [7, 11) is 0. The molecule has 138 valence electrons. The molecule has 1 unspecified atom stereocenters. The lowest BCUT2D eigenvalue weighted by molar-refractivity contribution is 0.237. The van der Waals surface area contributed by atoms with Gasteiger partial charge in [-0.1, -0.05) is 41.9 Å². The van der Waals surface area contributed by atoms with Gasteiger partial charge in [-0.15, -0.1) is 0 Å². The van der Waals surface area contributed by atoms with Crippen molar-refractivity contribution in [2.75, 3.05) is 13.2 Å². The minimum Gasteiger partial charge on any atom is -0.481 e. The van der Waals surface area contributed by atoms with Gasteiger partial charge in [-0.05, 0) is 55.1 Å². The maximum absolute atomic E-state index is 13.0. The predicted octanol–water partition coefficient (Wildman–Crippen LogP) is 6.73. The summed E-state index contributed by atoms with van der Waals surface area (Å²) in [5.74, 6) is 0.733. The lowest BCUT2D eigenvalue weighted by atomic mass is 10.0. The fourth-order valence-corrected chi connectivity index (χ4v) is 6.37. The highest BCUT2D eigenvalue weighted by molar-refractivity contribution is 8.59. The van der Waals surface area contributed by atoms with Crippen molar-refractivity contribution in [1.29, 1.82) is 0 Å². The Hall–Kier alpha value is -1.23. The van der Waals surface area contributed by atoms with Crippen LogP contribution in [-0.4, -0.2) is 13.2 Å². The molecule has 1 heterocycles. The topological polar surface area (TPSA) is 44.8 Å². The second-order valence-corrected chi connectivity index (χ2v) is 9.85. The summed E-state index contributed by atoms with van der Waals surface area (Å²) < 4.78 is 30.0. The molecule has 0 N–H and O–H groups in total. The van der Waals surface area contributed by atoms with Gasteiger partial charge in [-0.3, -0.25) is 0 Å². The fraction of sp³-hybridized carbons (Fsp3) is 0.263. The van der Waals surface area contributed by atoms with Crippen LogP contribution in [0.3, 0.4) is 0 Å². The molecular weight excluding hydrogens is 391 g/mol. The number of hydrogen-bond acceptors (Lipinski definition) is 5. The van der Waals surface area contributed by atoms with E-state index in [-0.39, 0.29) is 6.10 Å². The zero-order valence-corrected chi connectivity index (χ0v) is 17.0. The van der Waals surface area contributed by atoms with Gasteiger partial charge in [0.15, 0.2) is 0 Å². The summed E-state index contributed by atoms with van der Waals surface area (Å²) in [4.78, 5) is 0.817. The second-order valence-electron chi connectivity index (χ2n) is 5.49. The lowest BCUT2D eigenvalue weighted by Crippen LogP contribution is -2.10. The summed E-state index contributed by atoms with van der Waals surface area (Å²) in [5.41, 5.74) is 1.84. The van der Waals surface area contributed by atoms with E-state index in [2.05, 4.69) is 0 Å². The van der Waals surface area contributed by atoms with E-state index in [0.29, 0.717) is 18.2 Å². The first-order valence-electron chi connectivity index (χ1n) is 8.36. The SMILES string of the molecule is CCOP(=O)(OCC)SC1=CC(c2ccc(Cl)cc2)Oc2ccccc21. The molecule has 0 aromatic heterocycles. The molecule has 0 amide bonds. The maximum atomic E-state index is 13.0. The Labute approximate surface area is 162 Å². The summed E-state index contributed by atoms with van der Waals surface area (Å²) in [6.45, 7) is 0.935. The molecule has 2 aromatic carbocycles. The Bertz CT molecular complexity index is 828. The molecule has 0 radical (unpaired) electrons. The zero-order valence-electron chi connectivity index (χ0n) is 14.6. The third-order valence-corrected chi connectivity index (χ3v) is 7.76. The summed E-state index contributed by atoms with van der Waals surface area (Å²) in [6, 6.07) is 15.2. The van der Waals surface area contributed by atoms with Gasteiger partial charge in [0.2, 0.25) is 0 Å². The highest BCUT2D eigenvalue weighted by Crippen LogP contribution is 2.66. The van der Waals surface area contributed by atoms with Gasteiger partial charge >= 0.3 is 6.80 Å². The largest absolute Gasteiger partial charge is 0.481 e. The van der Waals surface area contributed by atoms with Crippen LogP contribution in [0, 0.1) is 0 Å². The molecule has 0 spiro atoms. The molecule has 2 aromatic rings. The van der Waals surface area contributed by atoms with Gasteiger partial charge in [-0.25, -0.2) is 4.57 Å². The average Bonchev–Trinajstić information content (AvgIpc) is 2.62. The fourth-order valence-electron chi connectivity index (χ4n) is 2.59. The van der Waals surface area contributed by atoms with Crippen molar-refractivity contribution < 1.29 is 18.3 Å². The van der Waals surface area contributed by atoms with Crippen molar-refractivity contribution >= 4 is 34.7 Å². The van der Waals surface area contributed by atoms with E-state index in [0.717, 1.165) is 33.2 Å². The summed E-state index contributed by atoms with van der Waals surface area (Å²) >= 11 is 7.11. The maximum Gasteiger partial charge on any atom is 0.393 e. The van der Waals surface area contributed by atoms with E-state index >= 15 is 0 Å². The second kappa shape index (κ2) is 8.64. The van der Waals surface area contributed by atoms with E-state index < -0.39 is 6.80 Å². The van der Waals surface area contributed by atoms with E-state index in [1.165, 1.54) is 0 Å². The van der Waals surface area contributed by atoms with Crippen molar-refractivity contribution in [2.45, 2.75) is 20.0 Å². The van der Waals surface area contributed by atoms with E-state index in [1.54, 1.807) is 13.8 Å². The molecule has 7 heteroatoms. The number of benzene rings is 2. The molecule has 1 aliphatic heterocycles. The van der Waals surface area contributed by atoms with Crippen LogP contribution in [0.15, 0.2) is 54.6 Å². The van der Waals surface area contributed by atoms with Crippen molar-refractivity contribution in [2.24, 2.45) is 0 Å². The molecular formula is C19H20ClO4PS. The predicted molar refractivity (Wildman–Crippen MR) is 108 cm³/mol. The molecule has 4 nitrogen and oxygen atoms in total. The van der Waals surface area contributed by atoms with E-state index in [4.69, 9.17) is 25.4 Å². The number of ether oxygens (including phenoxy) is 1. The van der Waals surface area contributed by atoms with Crippen LogP contribution in [-0.2, 0) is 13.6 Å². The zero-order chi connectivity index (χ0) is 18.6. The first-order chi connectivity index (χ1) is 12.5. The van der Waals surface area contributed by atoms with Gasteiger partial charge in [0.25, 0.3) is 0 Å². The average molecular weight is 411 g/mol.